The zero-order valence-corrected chi connectivity index (χ0v) is 16.9. The number of carbonyl (C=O) groups excluding carboxylic acids is 2. The van der Waals surface area contributed by atoms with Crippen molar-refractivity contribution in [2.24, 2.45) is 0 Å². The van der Waals surface area contributed by atoms with E-state index in [0.29, 0.717) is 28.9 Å². The van der Waals surface area contributed by atoms with Crippen LogP contribution in [-0.2, 0) is 9.53 Å². The number of aromatic nitrogens is 2. The molecule has 0 aliphatic rings. The number of anilines is 1. The summed E-state index contributed by atoms with van der Waals surface area (Å²) in [4.78, 5) is 35.4. The van der Waals surface area contributed by atoms with Crippen LogP contribution in [0.3, 0.4) is 0 Å². The van der Waals surface area contributed by atoms with Gasteiger partial charge in [0.2, 0.25) is 0 Å². The topological polar surface area (TPSA) is 72.4 Å². The molecule has 0 saturated heterocycles. The van der Waals surface area contributed by atoms with Gasteiger partial charge in [0, 0.05) is 18.0 Å². The van der Waals surface area contributed by atoms with Crippen molar-refractivity contribution in [2.75, 3.05) is 18.1 Å². The van der Waals surface area contributed by atoms with E-state index in [1.54, 1.807) is 30.3 Å². The highest BCUT2D eigenvalue weighted by Crippen LogP contribution is 2.27. The first-order valence-corrected chi connectivity index (χ1v) is 10.3. The number of rotatable bonds is 9. The lowest BCUT2D eigenvalue weighted by molar-refractivity contribution is -0.114. The second kappa shape index (κ2) is 10.2. The lowest BCUT2D eigenvalue weighted by atomic mass is 10.2. The van der Waals surface area contributed by atoms with E-state index in [1.807, 2.05) is 5.38 Å². The highest BCUT2D eigenvalue weighted by atomic mass is 32.1. The van der Waals surface area contributed by atoms with Crippen molar-refractivity contribution in [1.29, 1.82) is 0 Å². The molecule has 140 valence electrons. The summed E-state index contributed by atoms with van der Waals surface area (Å²) >= 11 is 2.67. The number of carbonyl (C=O) groups is 2. The van der Waals surface area contributed by atoms with Crippen LogP contribution >= 0.6 is 22.7 Å². The normalized spacial score (nSPS) is 11.0. The van der Waals surface area contributed by atoms with E-state index < -0.39 is 5.97 Å². The third kappa shape index (κ3) is 5.47. The number of hydrogen-bond acceptors (Lipinski definition) is 7. The van der Waals surface area contributed by atoms with E-state index >= 15 is 0 Å². The molecule has 0 aliphatic heterocycles. The van der Waals surface area contributed by atoms with Gasteiger partial charge < -0.3 is 4.74 Å². The molecule has 0 spiro atoms. The molecule has 1 amide bonds. The van der Waals surface area contributed by atoms with Crippen molar-refractivity contribution in [3.8, 4) is 0 Å². The lowest BCUT2D eigenvalue weighted by Gasteiger charge is -2.17. The summed E-state index contributed by atoms with van der Waals surface area (Å²) in [7, 11) is 0. The van der Waals surface area contributed by atoms with Crippen LogP contribution in [0.15, 0.2) is 17.0 Å². The Labute approximate surface area is 161 Å². The van der Waals surface area contributed by atoms with Gasteiger partial charge in [0.1, 0.15) is 4.88 Å². The van der Waals surface area contributed by atoms with E-state index in [4.69, 9.17) is 4.74 Å². The first-order valence-electron chi connectivity index (χ1n) is 8.59. The van der Waals surface area contributed by atoms with Gasteiger partial charge in [-0.05, 0) is 26.3 Å². The summed E-state index contributed by atoms with van der Waals surface area (Å²) in [5.41, 5.74) is 3.05. The molecule has 0 bridgehead atoms. The maximum Gasteiger partial charge on any atom is 0.350 e. The molecule has 2 aromatic rings. The quantitative estimate of drug-likeness (QED) is 0.360. The summed E-state index contributed by atoms with van der Waals surface area (Å²) < 4.78 is 5.06. The summed E-state index contributed by atoms with van der Waals surface area (Å²) in [5, 5.41) is 2.40. The highest BCUT2D eigenvalue weighted by Gasteiger charge is 2.22. The van der Waals surface area contributed by atoms with Gasteiger partial charge in [0.05, 0.1) is 23.5 Å². The molecule has 0 aromatic carbocycles. The highest BCUT2D eigenvalue weighted by molar-refractivity contribution is 7.17. The Morgan fingerprint density at radius 1 is 1.31 bits per heavy atom. The van der Waals surface area contributed by atoms with Gasteiger partial charge in [-0.15, -0.1) is 11.3 Å². The Morgan fingerprint density at radius 3 is 2.77 bits per heavy atom. The van der Waals surface area contributed by atoms with Crippen LogP contribution in [0.4, 0.5) is 5.13 Å². The Hall–Kier alpha value is -2.06. The summed E-state index contributed by atoms with van der Waals surface area (Å²) in [6.07, 6.45) is 6.15. The minimum atomic E-state index is -0.396. The van der Waals surface area contributed by atoms with Gasteiger partial charge in [-0.3, -0.25) is 9.69 Å². The van der Waals surface area contributed by atoms with Crippen molar-refractivity contribution in [3.05, 3.63) is 33.2 Å². The smallest absolute Gasteiger partial charge is 0.350 e. The van der Waals surface area contributed by atoms with E-state index in [2.05, 4.69) is 16.9 Å². The lowest BCUT2D eigenvalue weighted by Crippen LogP contribution is -2.30. The van der Waals surface area contributed by atoms with Crippen molar-refractivity contribution < 1.29 is 14.3 Å². The molecule has 26 heavy (non-hydrogen) atoms. The third-order valence-electron chi connectivity index (χ3n) is 3.58. The second-order valence-corrected chi connectivity index (χ2v) is 7.27. The molecule has 6 nitrogen and oxygen atoms in total. The first-order chi connectivity index (χ1) is 12.6. The first kappa shape index (κ1) is 20.3. The maximum atomic E-state index is 12.7. The van der Waals surface area contributed by atoms with Crippen LogP contribution in [0.25, 0.3) is 6.08 Å². The standard InChI is InChI=1S/C18H23N3O3S2/c1-4-6-7-10-21(15(22)9-8-14-11-25-12-19-14)18-20-13(3)16(26-18)17(23)24-5-2/h8-9,11-12H,4-7,10H2,1-3H3/b9-8+. The van der Waals surface area contributed by atoms with E-state index in [9.17, 15) is 9.59 Å². The number of esters is 1. The summed E-state index contributed by atoms with van der Waals surface area (Å²) in [6, 6.07) is 0. The molecule has 0 unspecified atom stereocenters. The van der Waals surface area contributed by atoms with Gasteiger partial charge in [-0.1, -0.05) is 31.1 Å². The zero-order valence-electron chi connectivity index (χ0n) is 15.2. The van der Waals surface area contributed by atoms with Gasteiger partial charge in [-0.2, -0.15) is 0 Å². The number of thiazole rings is 2. The Balaban J connectivity index is 2.22. The maximum absolute atomic E-state index is 12.7. The fourth-order valence-corrected chi connectivity index (χ4v) is 3.77. The number of ether oxygens (including phenoxy) is 1. The molecule has 2 aromatic heterocycles. The van der Waals surface area contributed by atoms with Crippen LogP contribution < -0.4 is 4.90 Å². The van der Waals surface area contributed by atoms with Crippen LogP contribution in [-0.4, -0.2) is 35.0 Å². The Kier molecular flexibility index (Phi) is 7.93. The van der Waals surface area contributed by atoms with Crippen LogP contribution in [0, 0.1) is 6.92 Å². The third-order valence-corrected chi connectivity index (χ3v) is 5.34. The average Bonchev–Trinajstić information content (AvgIpc) is 3.26. The Morgan fingerprint density at radius 2 is 2.12 bits per heavy atom. The number of amides is 1. The molecule has 0 fully saturated rings. The minimum Gasteiger partial charge on any atom is -0.462 e. The Bertz CT molecular complexity index is 754. The fraction of sp³-hybridized carbons (Fsp3) is 0.444. The molecule has 2 heterocycles. The average molecular weight is 394 g/mol. The number of nitrogens with zero attached hydrogens (tertiary/aromatic N) is 3. The minimum absolute atomic E-state index is 0.168. The van der Waals surface area contributed by atoms with Gasteiger partial charge in [-0.25, -0.2) is 14.8 Å². The summed E-state index contributed by atoms with van der Waals surface area (Å²) in [6.45, 7) is 6.50. The predicted octanol–water partition coefficient (Wildman–Crippen LogP) is 4.32. The number of aryl methyl sites for hydroxylation is 1. The van der Waals surface area contributed by atoms with Gasteiger partial charge in [0.15, 0.2) is 5.13 Å². The fourth-order valence-electron chi connectivity index (χ4n) is 2.25. The van der Waals surface area contributed by atoms with Crippen LogP contribution in [0.1, 0.15) is 54.2 Å². The number of unbranched alkanes of at least 4 members (excludes halogenated alkanes) is 2. The predicted molar refractivity (Wildman–Crippen MR) is 106 cm³/mol. The van der Waals surface area contributed by atoms with Crippen molar-refractivity contribution in [3.63, 3.8) is 0 Å². The molecule has 0 radical (unpaired) electrons. The number of hydrogen-bond donors (Lipinski definition) is 0. The van der Waals surface area contributed by atoms with Gasteiger partial charge in [0.25, 0.3) is 5.91 Å². The van der Waals surface area contributed by atoms with E-state index in [1.165, 1.54) is 28.7 Å². The molecule has 0 N–H and O–H groups in total. The molecule has 0 saturated carbocycles. The largest absolute Gasteiger partial charge is 0.462 e. The van der Waals surface area contributed by atoms with Gasteiger partial charge >= 0.3 is 5.97 Å². The molecule has 0 aliphatic carbocycles. The van der Waals surface area contributed by atoms with E-state index in [0.717, 1.165) is 25.0 Å². The molecular weight excluding hydrogens is 370 g/mol. The zero-order chi connectivity index (χ0) is 18.9. The van der Waals surface area contributed by atoms with E-state index in [-0.39, 0.29) is 5.91 Å². The van der Waals surface area contributed by atoms with Crippen molar-refractivity contribution >= 4 is 45.8 Å². The van der Waals surface area contributed by atoms with Crippen molar-refractivity contribution in [2.45, 2.75) is 40.0 Å². The monoisotopic (exact) mass is 393 g/mol. The second-order valence-electron chi connectivity index (χ2n) is 5.58. The van der Waals surface area contributed by atoms with Crippen LogP contribution in [0.2, 0.25) is 0 Å². The molecule has 2 rings (SSSR count). The summed E-state index contributed by atoms with van der Waals surface area (Å²) in [5.74, 6) is -0.564. The molecular formula is C18H23N3O3S2. The van der Waals surface area contributed by atoms with Crippen molar-refractivity contribution in [1.82, 2.24) is 9.97 Å². The van der Waals surface area contributed by atoms with Crippen LogP contribution in [0.5, 0.6) is 0 Å². The SMILES string of the molecule is CCCCCN(C(=O)/C=C/c1cscn1)c1nc(C)c(C(=O)OCC)s1. The molecule has 0 atom stereocenters. The molecule has 8 heteroatoms.